The van der Waals surface area contributed by atoms with Gasteiger partial charge in [-0.3, -0.25) is 4.79 Å². The van der Waals surface area contributed by atoms with E-state index in [9.17, 15) is 23.1 Å². The van der Waals surface area contributed by atoms with Gasteiger partial charge in [0.2, 0.25) is 0 Å². The minimum Gasteiger partial charge on any atom is -0.507 e. The van der Waals surface area contributed by atoms with Gasteiger partial charge in [0.05, 0.1) is 17.3 Å². The van der Waals surface area contributed by atoms with Crippen molar-refractivity contribution in [3.8, 4) is 5.75 Å². The number of halogens is 3. The third-order valence-corrected chi connectivity index (χ3v) is 4.98. The van der Waals surface area contributed by atoms with Crippen molar-refractivity contribution in [1.29, 1.82) is 0 Å². The molecule has 31 heavy (non-hydrogen) atoms. The van der Waals surface area contributed by atoms with E-state index in [-0.39, 0.29) is 48.1 Å². The van der Waals surface area contributed by atoms with Gasteiger partial charge in [0.25, 0.3) is 5.91 Å². The molecule has 1 aromatic heterocycles. The van der Waals surface area contributed by atoms with E-state index in [0.29, 0.717) is 5.56 Å². The zero-order valence-corrected chi connectivity index (χ0v) is 17.0. The van der Waals surface area contributed by atoms with Crippen molar-refractivity contribution < 1.29 is 23.1 Å². The third-order valence-electron chi connectivity index (χ3n) is 4.41. The number of amides is 1. The molecule has 3 aromatic rings. The van der Waals surface area contributed by atoms with Crippen molar-refractivity contribution in [2.75, 3.05) is 19.4 Å². The molecule has 2 N–H and O–H groups in total. The van der Waals surface area contributed by atoms with Gasteiger partial charge in [-0.25, -0.2) is 0 Å². The molecule has 0 bridgehead atoms. The highest BCUT2D eigenvalue weighted by molar-refractivity contribution is 6.99. The molecule has 0 fully saturated rings. The largest absolute Gasteiger partial charge is 0.507 e. The van der Waals surface area contributed by atoms with E-state index in [1.807, 2.05) is 0 Å². The molecule has 0 radical (unpaired) electrons. The van der Waals surface area contributed by atoms with Crippen LogP contribution < -0.4 is 5.32 Å². The van der Waals surface area contributed by atoms with Gasteiger partial charge in [-0.05, 0) is 11.6 Å². The van der Waals surface area contributed by atoms with Crippen molar-refractivity contribution in [2.45, 2.75) is 26.1 Å². The maximum absolute atomic E-state index is 13.6. The molecule has 0 aliphatic heterocycles. The Morgan fingerprint density at radius 1 is 1.13 bits per heavy atom. The standard InChI is InChI=1S/C20H19F3N4O2S.CH4/c1-27(2)19(29)14-10-6-9-13(16(14)28)11-15-18(26-30-25-15)24-17(20(21,22)23)12-7-4-3-5-8-12;/h3-10,17,28H,11H2,1-2H3,(H,24,26);1H4. The normalized spacial score (nSPS) is 12.0. The number of hydrogen-bond acceptors (Lipinski definition) is 6. The van der Waals surface area contributed by atoms with E-state index in [4.69, 9.17) is 0 Å². The number of nitrogens with zero attached hydrogens (tertiary/aromatic N) is 3. The third kappa shape index (κ3) is 5.52. The molecule has 0 aliphatic rings. The Morgan fingerprint density at radius 3 is 2.42 bits per heavy atom. The van der Waals surface area contributed by atoms with Gasteiger partial charge in [0.1, 0.15) is 17.5 Å². The molecule has 1 heterocycles. The first kappa shape index (κ1) is 24.1. The van der Waals surface area contributed by atoms with Crippen LogP contribution in [0, 0.1) is 0 Å². The molecule has 10 heteroatoms. The Morgan fingerprint density at radius 2 is 1.81 bits per heavy atom. The van der Waals surface area contributed by atoms with Crippen LogP contribution in [0.1, 0.15) is 40.6 Å². The lowest BCUT2D eigenvalue weighted by Gasteiger charge is -2.22. The van der Waals surface area contributed by atoms with Crippen LogP contribution >= 0.6 is 11.7 Å². The Balaban J connectivity index is 0.00000341. The zero-order valence-electron chi connectivity index (χ0n) is 16.1. The van der Waals surface area contributed by atoms with Crippen molar-refractivity contribution in [2.24, 2.45) is 0 Å². The number of rotatable bonds is 6. The topological polar surface area (TPSA) is 78.4 Å². The zero-order chi connectivity index (χ0) is 21.9. The highest BCUT2D eigenvalue weighted by Crippen LogP contribution is 2.36. The summed E-state index contributed by atoms with van der Waals surface area (Å²) in [5.74, 6) is -0.634. The van der Waals surface area contributed by atoms with E-state index in [1.54, 1.807) is 32.3 Å². The monoisotopic (exact) mass is 452 g/mol. The number of aromatic hydroxyl groups is 1. The first-order chi connectivity index (χ1) is 14.2. The number of benzene rings is 2. The first-order valence-corrected chi connectivity index (χ1v) is 9.63. The van der Waals surface area contributed by atoms with Crippen LogP contribution in [0.2, 0.25) is 0 Å². The highest BCUT2D eigenvalue weighted by atomic mass is 32.1. The predicted octanol–water partition coefficient (Wildman–Crippen LogP) is 4.89. The molecule has 6 nitrogen and oxygen atoms in total. The van der Waals surface area contributed by atoms with Gasteiger partial charge in [-0.1, -0.05) is 49.9 Å². The van der Waals surface area contributed by atoms with Gasteiger partial charge < -0.3 is 15.3 Å². The van der Waals surface area contributed by atoms with Crippen molar-refractivity contribution >= 4 is 23.5 Å². The van der Waals surface area contributed by atoms with Crippen LogP contribution in [0.15, 0.2) is 48.5 Å². The maximum atomic E-state index is 13.6. The molecule has 1 unspecified atom stereocenters. The van der Waals surface area contributed by atoms with E-state index >= 15 is 0 Å². The number of alkyl halides is 3. The molecule has 2 aromatic carbocycles. The molecule has 0 saturated heterocycles. The average molecular weight is 453 g/mol. The molecule has 0 spiro atoms. The summed E-state index contributed by atoms with van der Waals surface area (Å²) in [4.78, 5) is 13.5. The van der Waals surface area contributed by atoms with Crippen LogP contribution in [0.4, 0.5) is 19.0 Å². The van der Waals surface area contributed by atoms with Crippen LogP contribution in [0.25, 0.3) is 0 Å². The minimum absolute atomic E-state index is 0. The Kier molecular flexibility index (Phi) is 7.61. The summed E-state index contributed by atoms with van der Waals surface area (Å²) in [5, 5.41) is 12.9. The number of aromatic nitrogens is 2. The Hall–Kier alpha value is -3.14. The maximum Gasteiger partial charge on any atom is 0.412 e. The fraction of sp³-hybridized carbons (Fsp3) is 0.286. The number of phenolic OH excluding ortho intramolecular Hbond substituents is 1. The molecular weight excluding hydrogens is 429 g/mol. The van der Waals surface area contributed by atoms with Crippen LogP contribution in [0.5, 0.6) is 5.75 Å². The summed E-state index contributed by atoms with van der Waals surface area (Å²) >= 11 is 0.768. The van der Waals surface area contributed by atoms with E-state index in [0.717, 1.165) is 11.7 Å². The second-order valence-electron chi connectivity index (χ2n) is 6.78. The lowest BCUT2D eigenvalue weighted by atomic mass is 10.0. The molecule has 0 saturated carbocycles. The summed E-state index contributed by atoms with van der Waals surface area (Å²) in [5.41, 5.74) is 0.759. The van der Waals surface area contributed by atoms with Crippen LogP contribution in [0.3, 0.4) is 0 Å². The summed E-state index contributed by atoms with van der Waals surface area (Å²) in [6.07, 6.45) is -4.54. The van der Waals surface area contributed by atoms with E-state index in [2.05, 4.69) is 14.1 Å². The molecule has 166 valence electrons. The van der Waals surface area contributed by atoms with Crippen molar-refractivity contribution in [1.82, 2.24) is 13.6 Å². The number of carbonyl (C=O) groups excluding carboxylic acids is 1. The summed E-state index contributed by atoms with van der Waals surface area (Å²) < 4.78 is 49.0. The Labute approximate surface area is 182 Å². The highest BCUT2D eigenvalue weighted by Gasteiger charge is 2.41. The molecule has 0 aliphatic carbocycles. The summed E-state index contributed by atoms with van der Waals surface area (Å²) in [6, 6.07) is 10.2. The Bertz CT molecular complexity index is 1020. The van der Waals surface area contributed by atoms with Gasteiger partial charge in [-0.15, -0.1) is 0 Å². The minimum atomic E-state index is -4.55. The second kappa shape index (κ2) is 9.78. The smallest absolute Gasteiger partial charge is 0.412 e. The molecule has 1 amide bonds. The summed E-state index contributed by atoms with van der Waals surface area (Å²) in [6.45, 7) is 0. The van der Waals surface area contributed by atoms with Crippen LogP contribution in [-0.2, 0) is 6.42 Å². The number of carbonyl (C=O) groups is 1. The number of phenols is 1. The number of hydrogen-bond donors (Lipinski definition) is 2. The lowest BCUT2D eigenvalue weighted by molar-refractivity contribution is -0.144. The first-order valence-electron chi connectivity index (χ1n) is 8.90. The number of nitrogens with one attached hydrogen (secondary N) is 1. The summed E-state index contributed by atoms with van der Waals surface area (Å²) in [7, 11) is 3.11. The van der Waals surface area contributed by atoms with Crippen molar-refractivity contribution in [3.05, 3.63) is 70.9 Å². The lowest BCUT2D eigenvalue weighted by Crippen LogP contribution is -2.28. The van der Waals surface area contributed by atoms with Gasteiger partial charge >= 0.3 is 6.18 Å². The van der Waals surface area contributed by atoms with Crippen molar-refractivity contribution in [3.63, 3.8) is 0 Å². The van der Waals surface area contributed by atoms with E-state index < -0.39 is 12.2 Å². The fourth-order valence-electron chi connectivity index (χ4n) is 2.90. The van der Waals surface area contributed by atoms with E-state index in [1.165, 1.54) is 35.2 Å². The SMILES string of the molecule is C.CN(C)C(=O)c1cccc(Cc2nsnc2NC(c2ccccc2)C(F)(F)F)c1O. The predicted molar refractivity (Wildman–Crippen MR) is 114 cm³/mol. The molecule has 1 atom stereocenters. The van der Waals surface area contributed by atoms with Crippen LogP contribution in [-0.4, -0.2) is 44.9 Å². The molecule has 3 rings (SSSR count). The fourth-order valence-corrected chi connectivity index (χ4v) is 3.43. The van der Waals surface area contributed by atoms with Gasteiger partial charge in [0, 0.05) is 26.1 Å². The van der Waals surface area contributed by atoms with Gasteiger partial charge in [0.15, 0.2) is 5.82 Å². The second-order valence-corrected chi connectivity index (χ2v) is 7.31. The number of anilines is 1. The number of para-hydroxylation sites is 1. The quantitative estimate of drug-likeness (QED) is 0.557. The average Bonchev–Trinajstić information content (AvgIpc) is 3.13. The molecular formula is C21H23F3N4O2S. The van der Waals surface area contributed by atoms with Gasteiger partial charge in [-0.2, -0.15) is 21.9 Å².